The van der Waals surface area contributed by atoms with Gasteiger partial charge in [0, 0.05) is 11.1 Å². The van der Waals surface area contributed by atoms with Crippen molar-refractivity contribution in [3.05, 3.63) is 82.9 Å². The third-order valence-electron chi connectivity index (χ3n) is 4.24. The topological polar surface area (TPSA) is 46.6 Å². The first-order valence-electron chi connectivity index (χ1n) is 9.36. The van der Waals surface area contributed by atoms with Gasteiger partial charge in [-0.3, -0.25) is 9.69 Å². The zero-order valence-corrected chi connectivity index (χ0v) is 16.5. The molecule has 2 aromatic rings. The lowest BCUT2D eigenvalue weighted by molar-refractivity contribution is -0.113. The number of hydrogen-bond acceptors (Lipinski definition) is 3. The molecule has 1 saturated heterocycles. The fourth-order valence-corrected chi connectivity index (χ4v) is 3.00. The summed E-state index contributed by atoms with van der Waals surface area (Å²) < 4.78 is 5.53. The van der Waals surface area contributed by atoms with Crippen LogP contribution in [-0.2, 0) is 9.53 Å². The number of amides is 1. The molecular formula is C24H25NO3. The lowest BCUT2D eigenvalue weighted by Gasteiger charge is -2.32. The van der Waals surface area contributed by atoms with Gasteiger partial charge in [-0.05, 0) is 44.1 Å². The fourth-order valence-electron chi connectivity index (χ4n) is 3.00. The van der Waals surface area contributed by atoms with E-state index in [2.05, 4.69) is 0 Å². The van der Waals surface area contributed by atoms with Crippen LogP contribution in [0.25, 0.3) is 12.2 Å². The van der Waals surface area contributed by atoms with E-state index in [0.29, 0.717) is 11.1 Å². The van der Waals surface area contributed by atoms with Crippen LogP contribution in [0.1, 0.15) is 31.9 Å². The Balaban J connectivity index is 1.95. The van der Waals surface area contributed by atoms with E-state index in [9.17, 15) is 9.59 Å². The number of carbonyl (C=O) groups is 2. The minimum Gasteiger partial charge on any atom is -0.444 e. The Hall–Kier alpha value is -3.14. The molecule has 0 aliphatic carbocycles. The third-order valence-corrected chi connectivity index (χ3v) is 4.24. The van der Waals surface area contributed by atoms with Crippen LogP contribution in [0.3, 0.4) is 0 Å². The zero-order valence-electron chi connectivity index (χ0n) is 16.5. The summed E-state index contributed by atoms with van der Waals surface area (Å²) in [6.07, 6.45) is 3.27. The van der Waals surface area contributed by atoms with Gasteiger partial charge in [0.05, 0.1) is 13.1 Å². The van der Waals surface area contributed by atoms with Gasteiger partial charge < -0.3 is 4.74 Å². The van der Waals surface area contributed by atoms with E-state index in [0.717, 1.165) is 11.1 Å². The monoisotopic (exact) mass is 375 g/mol. The predicted molar refractivity (Wildman–Crippen MR) is 112 cm³/mol. The van der Waals surface area contributed by atoms with Crippen molar-refractivity contribution in [3.63, 3.8) is 0 Å². The average molecular weight is 375 g/mol. The molecule has 0 radical (unpaired) electrons. The molecule has 2 aromatic carbocycles. The van der Waals surface area contributed by atoms with Gasteiger partial charge in [0.25, 0.3) is 0 Å². The molecular weight excluding hydrogens is 350 g/mol. The highest BCUT2D eigenvalue weighted by atomic mass is 16.6. The Morgan fingerprint density at radius 3 is 1.68 bits per heavy atom. The Kier molecular flexibility index (Phi) is 5.78. The summed E-state index contributed by atoms with van der Waals surface area (Å²) in [4.78, 5) is 27.3. The maximum atomic E-state index is 13.1. The van der Waals surface area contributed by atoms with E-state index in [1.54, 1.807) is 4.90 Å². The van der Waals surface area contributed by atoms with Crippen LogP contribution in [-0.4, -0.2) is 35.5 Å². The molecule has 1 heterocycles. The quantitative estimate of drug-likeness (QED) is 0.696. The molecule has 4 nitrogen and oxygen atoms in total. The van der Waals surface area contributed by atoms with Crippen molar-refractivity contribution in [2.24, 2.45) is 0 Å². The number of rotatable bonds is 2. The molecule has 3 rings (SSSR count). The highest BCUT2D eigenvalue weighted by Gasteiger charge is 2.31. The maximum absolute atomic E-state index is 13.1. The van der Waals surface area contributed by atoms with Gasteiger partial charge in [-0.2, -0.15) is 0 Å². The number of ether oxygens (including phenoxy) is 1. The fraction of sp³-hybridized carbons (Fsp3) is 0.250. The van der Waals surface area contributed by atoms with Crippen LogP contribution in [0, 0.1) is 0 Å². The molecule has 0 N–H and O–H groups in total. The molecule has 0 saturated carbocycles. The summed E-state index contributed by atoms with van der Waals surface area (Å²) in [5, 5.41) is 0. The molecule has 1 fully saturated rings. The molecule has 1 amide bonds. The predicted octanol–water partition coefficient (Wildman–Crippen LogP) is 4.97. The summed E-state index contributed by atoms with van der Waals surface area (Å²) in [6.45, 7) is 5.97. The first kappa shape index (κ1) is 19.6. The number of piperidine rings is 1. The van der Waals surface area contributed by atoms with E-state index in [-0.39, 0.29) is 18.9 Å². The summed E-state index contributed by atoms with van der Waals surface area (Å²) in [5.74, 6) is -0.0347. The smallest absolute Gasteiger partial charge is 0.410 e. The molecule has 0 spiro atoms. The van der Waals surface area contributed by atoms with Crippen LogP contribution in [0.2, 0.25) is 0 Å². The molecule has 28 heavy (non-hydrogen) atoms. The lowest BCUT2D eigenvalue weighted by atomic mass is 9.94. The minimum absolute atomic E-state index is 0.0347. The summed E-state index contributed by atoms with van der Waals surface area (Å²) >= 11 is 0. The van der Waals surface area contributed by atoms with Gasteiger partial charge in [-0.25, -0.2) is 4.79 Å². The highest BCUT2D eigenvalue weighted by molar-refractivity contribution is 6.15. The zero-order chi connectivity index (χ0) is 20.1. The van der Waals surface area contributed by atoms with Crippen molar-refractivity contribution >= 4 is 24.0 Å². The summed E-state index contributed by atoms with van der Waals surface area (Å²) in [5.41, 5.74) is 2.41. The van der Waals surface area contributed by atoms with Crippen LogP contribution in [0.4, 0.5) is 4.79 Å². The molecule has 0 bridgehead atoms. The lowest BCUT2D eigenvalue weighted by Crippen LogP contribution is -2.44. The SMILES string of the molecule is CC(C)(C)OC(=O)N1C/C(=C\c2ccccc2)C(=O)/C(=C/c2ccccc2)C1. The molecule has 144 valence electrons. The highest BCUT2D eigenvalue weighted by Crippen LogP contribution is 2.23. The average Bonchev–Trinajstić information content (AvgIpc) is 2.65. The Morgan fingerprint density at radius 2 is 1.29 bits per heavy atom. The number of likely N-dealkylation sites (tertiary alicyclic amines) is 1. The number of hydrogen-bond donors (Lipinski definition) is 0. The first-order chi connectivity index (χ1) is 13.3. The normalized spacial score (nSPS) is 17.8. The Bertz CT molecular complexity index is 844. The number of nitrogens with zero attached hydrogens (tertiary/aromatic N) is 1. The van der Waals surface area contributed by atoms with Crippen LogP contribution >= 0.6 is 0 Å². The van der Waals surface area contributed by atoms with Crippen molar-refractivity contribution in [1.29, 1.82) is 0 Å². The molecule has 4 heteroatoms. The second-order valence-electron chi connectivity index (χ2n) is 7.83. The van der Waals surface area contributed by atoms with Gasteiger partial charge >= 0.3 is 6.09 Å². The van der Waals surface area contributed by atoms with Crippen molar-refractivity contribution < 1.29 is 14.3 Å². The van der Waals surface area contributed by atoms with Gasteiger partial charge in [0.15, 0.2) is 5.78 Å². The first-order valence-corrected chi connectivity index (χ1v) is 9.36. The van der Waals surface area contributed by atoms with E-state index in [1.165, 1.54) is 0 Å². The summed E-state index contributed by atoms with van der Waals surface area (Å²) in [6, 6.07) is 19.3. The van der Waals surface area contributed by atoms with Crippen LogP contribution in [0.15, 0.2) is 71.8 Å². The van der Waals surface area contributed by atoms with Crippen molar-refractivity contribution in [1.82, 2.24) is 4.90 Å². The van der Waals surface area contributed by atoms with Gasteiger partial charge in [-0.1, -0.05) is 60.7 Å². The van der Waals surface area contributed by atoms with Gasteiger partial charge in [0.2, 0.25) is 0 Å². The third kappa shape index (κ3) is 5.19. The number of Topliss-reactive ketones (excluding diaryl/α,β-unsaturated/α-hetero) is 1. The van der Waals surface area contributed by atoms with E-state index in [1.807, 2.05) is 93.6 Å². The van der Waals surface area contributed by atoms with Crippen molar-refractivity contribution in [2.45, 2.75) is 26.4 Å². The minimum atomic E-state index is -0.592. The van der Waals surface area contributed by atoms with E-state index in [4.69, 9.17) is 4.74 Å². The Morgan fingerprint density at radius 1 is 0.857 bits per heavy atom. The van der Waals surface area contributed by atoms with Gasteiger partial charge in [-0.15, -0.1) is 0 Å². The largest absolute Gasteiger partial charge is 0.444 e. The number of benzene rings is 2. The van der Waals surface area contributed by atoms with Crippen molar-refractivity contribution in [3.8, 4) is 0 Å². The summed E-state index contributed by atoms with van der Waals surface area (Å²) in [7, 11) is 0. The maximum Gasteiger partial charge on any atom is 0.410 e. The van der Waals surface area contributed by atoms with E-state index >= 15 is 0 Å². The molecule has 1 aliphatic heterocycles. The number of ketones is 1. The number of carbonyl (C=O) groups excluding carboxylic acids is 2. The van der Waals surface area contributed by atoms with Crippen LogP contribution in [0.5, 0.6) is 0 Å². The second kappa shape index (κ2) is 8.26. The molecule has 1 aliphatic rings. The molecule has 0 unspecified atom stereocenters. The standard InChI is InChI=1S/C24H25NO3/c1-24(2,3)28-23(27)25-16-20(14-18-10-6-4-7-11-18)22(26)21(17-25)15-19-12-8-5-9-13-19/h4-15H,16-17H2,1-3H3/b20-14+,21-15+. The Labute approximate surface area is 166 Å². The van der Waals surface area contributed by atoms with E-state index < -0.39 is 11.7 Å². The van der Waals surface area contributed by atoms with Crippen molar-refractivity contribution in [2.75, 3.05) is 13.1 Å². The second-order valence-corrected chi connectivity index (χ2v) is 7.83. The van der Waals surface area contributed by atoms with Crippen LogP contribution < -0.4 is 0 Å². The van der Waals surface area contributed by atoms with Gasteiger partial charge in [0.1, 0.15) is 5.60 Å². The molecule has 0 atom stereocenters. The molecule has 0 aromatic heterocycles.